The molecule has 1 heterocycles. The molecule has 0 aliphatic carbocycles. The summed E-state index contributed by atoms with van der Waals surface area (Å²) in [7, 11) is 1.84. The predicted octanol–water partition coefficient (Wildman–Crippen LogP) is 0.955. The Kier molecular flexibility index (Phi) is 2.63. The second-order valence-corrected chi connectivity index (χ2v) is 2.39. The van der Waals surface area contributed by atoms with Gasteiger partial charge in [-0.1, -0.05) is 6.08 Å². The molecule has 0 spiro atoms. The fraction of sp³-hybridized carbons (Fsp3) is 0.250. The minimum atomic E-state index is 0.628. The van der Waals surface area contributed by atoms with Crippen molar-refractivity contribution in [2.45, 2.75) is 6.92 Å². The molecule has 0 saturated heterocycles. The van der Waals surface area contributed by atoms with Gasteiger partial charge in [-0.2, -0.15) is 0 Å². The highest BCUT2D eigenvalue weighted by Gasteiger charge is 1.99. The van der Waals surface area contributed by atoms with Crippen molar-refractivity contribution in [1.82, 2.24) is 9.55 Å². The number of nitrogens with two attached hydrogens (primary N) is 1. The van der Waals surface area contributed by atoms with Gasteiger partial charge >= 0.3 is 0 Å². The summed E-state index contributed by atoms with van der Waals surface area (Å²) in [5.74, 6) is 0.628. The molecule has 1 aromatic rings. The monoisotopic (exact) mass is 164 g/mol. The van der Waals surface area contributed by atoms with Crippen LogP contribution in [0.25, 0.3) is 0 Å². The van der Waals surface area contributed by atoms with Gasteiger partial charge in [0.05, 0.1) is 12.5 Å². The maximum atomic E-state index is 5.67. The number of imidazole rings is 1. The Hall–Kier alpha value is -1.58. The lowest BCUT2D eigenvalue weighted by Crippen LogP contribution is -1.97. The number of nitrogens with zero attached hydrogens (tertiary/aromatic N) is 3. The molecule has 4 nitrogen and oxygen atoms in total. The molecule has 2 N–H and O–H groups in total. The third kappa shape index (κ3) is 1.72. The van der Waals surface area contributed by atoms with Crippen LogP contribution in [0, 0.1) is 0 Å². The number of aromatic nitrogens is 2. The van der Waals surface area contributed by atoms with Crippen LogP contribution in [0.1, 0.15) is 12.6 Å². The van der Waals surface area contributed by atoms with Gasteiger partial charge < -0.3 is 10.3 Å². The Morgan fingerprint density at radius 1 is 1.67 bits per heavy atom. The largest absolute Gasteiger partial charge is 0.383 e. The lowest BCUT2D eigenvalue weighted by atomic mass is 10.5. The van der Waals surface area contributed by atoms with Crippen LogP contribution in [-0.2, 0) is 7.05 Å². The molecule has 0 bridgehead atoms. The van der Waals surface area contributed by atoms with Gasteiger partial charge in [0.2, 0.25) is 0 Å². The van der Waals surface area contributed by atoms with Gasteiger partial charge in [-0.15, -0.1) is 0 Å². The molecule has 0 aliphatic heterocycles. The summed E-state index contributed by atoms with van der Waals surface area (Å²) in [5.41, 5.74) is 6.37. The zero-order chi connectivity index (χ0) is 8.97. The first-order chi connectivity index (χ1) is 5.75. The van der Waals surface area contributed by atoms with Crippen LogP contribution in [0.5, 0.6) is 0 Å². The fourth-order valence-electron chi connectivity index (χ4n) is 0.757. The van der Waals surface area contributed by atoms with Gasteiger partial charge in [-0.25, -0.2) is 4.98 Å². The Bertz CT molecular complexity index is 309. The molecule has 0 amide bonds. The third-order valence-electron chi connectivity index (χ3n) is 1.44. The molecular weight excluding hydrogens is 152 g/mol. The number of rotatable bonds is 2. The topological polar surface area (TPSA) is 56.2 Å². The van der Waals surface area contributed by atoms with Crippen molar-refractivity contribution in [3.05, 3.63) is 24.3 Å². The summed E-state index contributed by atoms with van der Waals surface area (Å²) in [6, 6.07) is 0. The molecule has 0 atom stereocenters. The van der Waals surface area contributed by atoms with E-state index >= 15 is 0 Å². The van der Waals surface area contributed by atoms with Crippen LogP contribution >= 0.6 is 0 Å². The molecule has 64 valence electrons. The highest BCUT2D eigenvalue weighted by molar-refractivity contribution is 5.83. The van der Waals surface area contributed by atoms with E-state index in [0.29, 0.717) is 11.5 Å². The zero-order valence-corrected chi connectivity index (χ0v) is 7.23. The van der Waals surface area contributed by atoms with Gasteiger partial charge in [-0.05, 0) is 6.92 Å². The van der Waals surface area contributed by atoms with Crippen LogP contribution < -0.4 is 5.73 Å². The fourth-order valence-corrected chi connectivity index (χ4v) is 0.757. The summed E-state index contributed by atoms with van der Waals surface area (Å²) in [6.07, 6.45) is 6.82. The smallest absolute Gasteiger partial charge is 0.132 e. The summed E-state index contributed by atoms with van der Waals surface area (Å²) < 4.78 is 1.75. The number of aryl methyl sites for hydroxylation is 1. The highest BCUT2D eigenvalue weighted by Crippen LogP contribution is 2.04. The van der Waals surface area contributed by atoms with Crippen LogP contribution in [0.2, 0.25) is 0 Å². The maximum Gasteiger partial charge on any atom is 0.132 e. The van der Waals surface area contributed by atoms with E-state index in [1.165, 1.54) is 0 Å². The van der Waals surface area contributed by atoms with E-state index in [4.69, 9.17) is 5.73 Å². The van der Waals surface area contributed by atoms with Gasteiger partial charge in [0.25, 0.3) is 0 Å². The summed E-state index contributed by atoms with van der Waals surface area (Å²) in [5, 5.41) is 0. The Balaban J connectivity index is 2.82. The number of nitrogen functional groups attached to an aromatic ring is 1. The maximum absolute atomic E-state index is 5.67. The molecule has 0 aliphatic rings. The first-order valence-corrected chi connectivity index (χ1v) is 3.67. The highest BCUT2D eigenvalue weighted by atomic mass is 15.1. The molecule has 1 rings (SSSR count). The van der Waals surface area contributed by atoms with Crippen molar-refractivity contribution in [2.75, 3.05) is 5.73 Å². The van der Waals surface area contributed by atoms with Gasteiger partial charge in [-0.3, -0.25) is 4.99 Å². The molecule has 0 unspecified atom stereocenters. The Labute approximate surface area is 71.4 Å². The third-order valence-corrected chi connectivity index (χ3v) is 1.44. The quantitative estimate of drug-likeness (QED) is 0.662. The Morgan fingerprint density at radius 3 is 2.92 bits per heavy atom. The van der Waals surface area contributed by atoms with Crippen LogP contribution in [0.4, 0.5) is 5.82 Å². The summed E-state index contributed by atoms with van der Waals surface area (Å²) >= 11 is 0. The number of hydrogen-bond donors (Lipinski definition) is 1. The van der Waals surface area contributed by atoms with E-state index in [1.54, 1.807) is 23.3 Å². The van der Waals surface area contributed by atoms with Gasteiger partial charge in [0.15, 0.2) is 0 Å². The summed E-state index contributed by atoms with van der Waals surface area (Å²) in [4.78, 5) is 8.01. The predicted molar refractivity (Wildman–Crippen MR) is 50.0 cm³/mol. The SMILES string of the molecule is C/C=C\N=C/c1ncn(C)c1N. The number of anilines is 1. The second kappa shape index (κ2) is 3.71. The molecule has 0 radical (unpaired) electrons. The van der Waals surface area contributed by atoms with Crippen LogP contribution in [0.15, 0.2) is 23.6 Å². The Morgan fingerprint density at radius 2 is 2.42 bits per heavy atom. The first-order valence-electron chi connectivity index (χ1n) is 3.67. The normalized spacial score (nSPS) is 11.8. The lowest BCUT2D eigenvalue weighted by molar-refractivity contribution is 0.925. The molecule has 0 fully saturated rings. The van der Waals surface area contributed by atoms with E-state index in [2.05, 4.69) is 9.98 Å². The summed E-state index contributed by atoms with van der Waals surface area (Å²) in [6.45, 7) is 1.90. The molecule has 0 aromatic carbocycles. The minimum absolute atomic E-state index is 0.628. The van der Waals surface area contributed by atoms with Gasteiger partial charge in [0, 0.05) is 13.2 Å². The van der Waals surface area contributed by atoms with Crippen LogP contribution in [0.3, 0.4) is 0 Å². The van der Waals surface area contributed by atoms with Gasteiger partial charge in [0.1, 0.15) is 11.5 Å². The average Bonchev–Trinajstić information content (AvgIpc) is 2.36. The van der Waals surface area contributed by atoms with Crippen molar-refractivity contribution in [2.24, 2.45) is 12.0 Å². The van der Waals surface area contributed by atoms with Crippen molar-refractivity contribution in [3.63, 3.8) is 0 Å². The minimum Gasteiger partial charge on any atom is -0.383 e. The van der Waals surface area contributed by atoms with E-state index in [9.17, 15) is 0 Å². The van der Waals surface area contributed by atoms with Crippen molar-refractivity contribution in [3.8, 4) is 0 Å². The van der Waals surface area contributed by atoms with E-state index in [0.717, 1.165) is 0 Å². The average molecular weight is 164 g/mol. The number of hydrogen-bond acceptors (Lipinski definition) is 3. The van der Waals surface area contributed by atoms with Crippen molar-refractivity contribution < 1.29 is 0 Å². The van der Waals surface area contributed by atoms with E-state index in [-0.39, 0.29) is 0 Å². The first kappa shape index (κ1) is 8.52. The molecular formula is C8H12N4. The second-order valence-electron chi connectivity index (χ2n) is 2.39. The van der Waals surface area contributed by atoms with E-state index < -0.39 is 0 Å². The standard InChI is InChI=1S/C8H12N4/c1-3-4-10-5-7-8(9)12(2)6-11-7/h3-6H,9H2,1-2H3/b4-3-,10-5-. The number of aliphatic imine (C=N–C) groups is 1. The van der Waals surface area contributed by atoms with Crippen LogP contribution in [-0.4, -0.2) is 15.8 Å². The molecule has 0 saturated carbocycles. The van der Waals surface area contributed by atoms with Crippen molar-refractivity contribution >= 4 is 12.0 Å². The van der Waals surface area contributed by atoms with Crippen molar-refractivity contribution in [1.29, 1.82) is 0 Å². The van der Waals surface area contributed by atoms with E-state index in [1.807, 2.05) is 20.0 Å². The lowest BCUT2D eigenvalue weighted by Gasteiger charge is -1.92. The zero-order valence-electron chi connectivity index (χ0n) is 7.23. The molecule has 12 heavy (non-hydrogen) atoms. The molecule has 4 heteroatoms. The molecule has 1 aromatic heterocycles. The number of allylic oxidation sites excluding steroid dienone is 1.